The van der Waals surface area contributed by atoms with E-state index in [-0.39, 0.29) is 18.3 Å². The van der Waals surface area contributed by atoms with Gasteiger partial charge in [0.2, 0.25) is 0 Å². The predicted molar refractivity (Wildman–Crippen MR) is 84.3 cm³/mol. The Morgan fingerprint density at radius 3 is 3.00 bits per heavy atom. The molecule has 0 bridgehead atoms. The Bertz CT molecular complexity index is 629. The summed E-state index contributed by atoms with van der Waals surface area (Å²) in [5.74, 6) is -0.0317. The third kappa shape index (κ3) is 5.09. The Kier molecular flexibility index (Phi) is 5.59. The van der Waals surface area contributed by atoms with E-state index in [1.807, 2.05) is 29.0 Å². The predicted octanol–water partition coefficient (Wildman–Crippen LogP) is 2.35. The molecule has 0 spiro atoms. The lowest BCUT2D eigenvalue weighted by Gasteiger charge is -2.05. The van der Waals surface area contributed by atoms with Crippen molar-refractivity contribution in [2.24, 2.45) is 10.9 Å². The second kappa shape index (κ2) is 7.66. The molecule has 1 amide bonds. The standard InChI is InChI=1S/C14H14ClN3O2S/c15-12-3-1-2-10(6-12)7-17-13(19)8-20-18-14(16)11-4-5-21-9-11/h1-6,9H,7-8H2,(H2,16,18)(H,17,19). The number of halogens is 1. The van der Waals surface area contributed by atoms with Crippen LogP contribution in [0.15, 0.2) is 46.2 Å². The van der Waals surface area contributed by atoms with Crippen LogP contribution in [0.4, 0.5) is 0 Å². The van der Waals surface area contributed by atoms with E-state index >= 15 is 0 Å². The third-order valence-electron chi connectivity index (χ3n) is 2.55. The highest BCUT2D eigenvalue weighted by atomic mass is 35.5. The number of amidine groups is 1. The van der Waals surface area contributed by atoms with Crippen LogP contribution in [0.25, 0.3) is 0 Å². The highest BCUT2D eigenvalue weighted by Crippen LogP contribution is 2.10. The molecule has 0 radical (unpaired) electrons. The van der Waals surface area contributed by atoms with Gasteiger partial charge in [-0.05, 0) is 29.1 Å². The van der Waals surface area contributed by atoms with Crippen LogP contribution in [-0.4, -0.2) is 18.3 Å². The van der Waals surface area contributed by atoms with E-state index in [0.717, 1.165) is 11.1 Å². The molecule has 3 N–H and O–H groups in total. The van der Waals surface area contributed by atoms with E-state index in [2.05, 4.69) is 10.5 Å². The van der Waals surface area contributed by atoms with Crippen LogP contribution in [0, 0.1) is 0 Å². The van der Waals surface area contributed by atoms with Gasteiger partial charge in [0.05, 0.1) is 0 Å². The first-order chi connectivity index (χ1) is 10.1. The fraction of sp³-hybridized carbons (Fsp3) is 0.143. The molecule has 21 heavy (non-hydrogen) atoms. The summed E-state index contributed by atoms with van der Waals surface area (Å²) in [5.41, 5.74) is 7.38. The van der Waals surface area contributed by atoms with Crippen LogP contribution in [0.1, 0.15) is 11.1 Å². The minimum Gasteiger partial charge on any atom is -0.384 e. The molecule has 0 aliphatic heterocycles. The van der Waals surface area contributed by atoms with Crippen molar-refractivity contribution < 1.29 is 9.63 Å². The van der Waals surface area contributed by atoms with Crippen molar-refractivity contribution in [2.75, 3.05) is 6.61 Å². The summed E-state index contributed by atoms with van der Waals surface area (Å²) < 4.78 is 0. The largest absolute Gasteiger partial charge is 0.384 e. The number of hydrogen-bond acceptors (Lipinski definition) is 4. The zero-order chi connectivity index (χ0) is 15.1. The van der Waals surface area contributed by atoms with Crippen molar-refractivity contribution in [2.45, 2.75) is 6.54 Å². The van der Waals surface area contributed by atoms with Gasteiger partial charge in [-0.25, -0.2) is 0 Å². The fourth-order valence-electron chi connectivity index (χ4n) is 1.52. The van der Waals surface area contributed by atoms with Gasteiger partial charge < -0.3 is 15.9 Å². The van der Waals surface area contributed by atoms with Crippen LogP contribution < -0.4 is 11.1 Å². The monoisotopic (exact) mass is 323 g/mol. The van der Waals surface area contributed by atoms with Gasteiger partial charge in [-0.2, -0.15) is 11.3 Å². The summed E-state index contributed by atoms with van der Waals surface area (Å²) in [6.45, 7) is 0.192. The smallest absolute Gasteiger partial charge is 0.261 e. The van der Waals surface area contributed by atoms with Crippen LogP contribution in [0.3, 0.4) is 0 Å². The Morgan fingerprint density at radius 2 is 2.29 bits per heavy atom. The normalized spacial score (nSPS) is 11.2. The van der Waals surface area contributed by atoms with Crippen molar-refractivity contribution in [3.8, 4) is 0 Å². The van der Waals surface area contributed by atoms with Gasteiger partial charge in [0.15, 0.2) is 12.4 Å². The number of nitrogens with one attached hydrogen (secondary N) is 1. The Labute approximate surface area is 131 Å². The highest BCUT2D eigenvalue weighted by Gasteiger charge is 2.03. The summed E-state index contributed by atoms with van der Waals surface area (Å²) in [4.78, 5) is 16.5. The maximum absolute atomic E-state index is 11.6. The van der Waals surface area contributed by atoms with E-state index in [4.69, 9.17) is 22.2 Å². The van der Waals surface area contributed by atoms with E-state index in [1.165, 1.54) is 11.3 Å². The van der Waals surface area contributed by atoms with Crippen molar-refractivity contribution >= 4 is 34.7 Å². The highest BCUT2D eigenvalue weighted by molar-refractivity contribution is 7.08. The Balaban J connectivity index is 1.74. The molecule has 0 fully saturated rings. The molecule has 1 aromatic carbocycles. The number of amides is 1. The second-order valence-corrected chi connectivity index (χ2v) is 5.39. The maximum Gasteiger partial charge on any atom is 0.261 e. The van der Waals surface area contributed by atoms with E-state index in [1.54, 1.807) is 12.1 Å². The molecule has 2 aromatic rings. The topological polar surface area (TPSA) is 76.7 Å². The van der Waals surface area contributed by atoms with Gasteiger partial charge in [-0.1, -0.05) is 28.9 Å². The number of nitrogens with zero attached hydrogens (tertiary/aromatic N) is 1. The number of hydrogen-bond donors (Lipinski definition) is 2. The Morgan fingerprint density at radius 1 is 1.43 bits per heavy atom. The average Bonchev–Trinajstić information content (AvgIpc) is 2.99. The van der Waals surface area contributed by atoms with Gasteiger partial charge in [0, 0.05) is 22.5 Å². The van der Waals surface area contributed by atoms with Crippen molar-refractivity contribution in [3.63, 3.8) is 0 Å². The number of nitrogens with two attached hydrogens (primary N) is 1. The van der Waals surface area contributed by atoms with Crippen molar-refractivity contribution in [1.82, 2.24) is 5.32 Å². The molecule has 0 unspecified atom stereocenters. The maximum atomic E-state index is 11.6. The molecule has 0 saturated heterocycles. The first-order valence-electron chi connectivity index (χ1n) is 6.14. The molecule has 7 heteroatoms. The number of carbonyl (C=O) groups is 1. The molecular weight excluding hydrogens is 310 g/mol. The number of oxime groups is 1. The van der Waals surface area contributed by atoms with Gasteiger partial charge in [-0.3, -0.25) is 4.79 Å². The first kappa shape index (κ1) is 15.3. The molecule has 5 nitrogen and oxygen atoms in total. The molecule has 0 atom stereocenters. The molecule has 0 saturated carbocycles. The number of benzene rings is 1. The third-order valence-corrected chi connectivity index (χ3v) is 3.47. The molecule has 1 aromatic heterocycles. The minimum atomic E-state index is -0.281. The molecule has 0 aliphatic carbocycles. The van der Waals surface area contributed by atoms with Crippen LogP contribution in [-0.2, 0) is 16.2 Å². The molecule has 0 aliphatic rings. The van der Waals surface area contributed by atoms with Gasteiger partial charge >= 0.3 is 0 Å². The molecule has 110 valence electrons. The first-order valence-corrected chi connectivity index (χ1v) is 7.46. The molecule has 2 rings (SSSR count). The lowest BCUT2D eigenvalue weighted by atomic mass is 10.2. The number of thiophene rings is 1. The summed E-state index contributed by atoms with van der Waals surface area (Å²) >= 11 is 7.37. The SMILES string of the molecule is N/C(=N/OCC(=O)NCc1cccc(Cl)c1)c1ccsc1. The fourth-order valence-corrected chi connectivity index (χ4v) is 2.38. The second-order valence-electron chi connectivity index (χ2n) is 4.17. The van der Waals surface area contributed by atoms with E-state index in [9.17, 15) is 4.79 Å². The zero-order valence-electron chi connectivity index (χ0n) is 11.1. The lowest BCUT2D eigenvalue weighted by Crippen LogP contribution is -2.27. The Hall–Kier alpha value is -2.05. The molecule has 1 heterocycles. The van der Waals surface area contributed by atoms with E-state index < -0.39 is 0 Å². The van der Waals surface area contributed by atoms with Crippen LogP contribution >= 0.6 is 22.9 Å². The van der Waals surface area contributed by atoms with Crippen LogP contribution in [0.2, 0.25) is 5.02 Å². The van der Waals surface area contributed by atoms with E-state index in [0.29, 0.717) is 11.6 Å². The van der Waals surface area contributed by atoms with Crippen molar-refractivity contribution in [3.05, 3.63) is 57.2 Å². The minimum absolute atomic E-state index is 0.189. The number of rotatable bonds is 6. The summed E-state index contributed by atoms with van der Waals surface area (Å²) in [7, 11) is 0. The van der Waals surface area contributed by atoms with Gasteiger partial charge in [-0.15, -0.1) is 0 Å². The zero-order valence-corrected chi connectivity index (χ0v) is 12.7. The van der Waals surface area contributed by atoms with Gasteiger partial charge in [0.25, 0.3) is 5.91 Å². The quantitative estimate of drug-likeness (QED) is 0.486. The summed E-state index contributed by atoms with van der Waals surface area (Å²) in [5, 5.41) is 10.8. The van der Waals surface area contributed by atoms with Crippen molar-refractivity contribution in [1.29, 1.82) is 0 Å². The summed E-state index contributed by atoms with van der Waals surface area (Å²) in [6, 6.07) is 9.09. The number of carbonyl (C=O) groups excluding carboxylic acids is 1. The van der Waals surface area contributed by atoms with Crippen LogP contribution in [0.5, 0.6) is 0 Å². The lowest BCUT2D eigenvalue weighted by molar-refractivity contribution is -0.125. The molecular formula is C14H14ClN3O2S. The summed E-state index contributed by atoms with van der Waals surface area (Å²) in [6.07, 6.45) is 0. The average molecular weight is 324 g/mol. The van der Waals surface area contributed by atoms with Gasteiger partial charge in [0.1, 0.15) is 0 Å².